The van der Waals surface area contributed by atoms with E-state index in [4.69, 9.17) is 0 Å². The van der Waals surface area contributed by atoms with E-state index in [1.807, 2.05) is 0 Å². The van der Waals surface area contributed by atoms with Crippen LogP contribution in [0, 0.1) is 4.91 Å². The first-order valence-electron chi connectivity index (χ1n) is 3.75. The molecule has 0 radical (unpaired) electrons. The highest BCUT2D eigenvalue weighted by atomic mass is 32.1. The summed E-state index contributed by atoms with van der Waals surface area (Å²) in [5.74, 6) is 0. The summed E-state index contributed by atoms with van der Waals surface area (Å²) in [4.78, 5) is 10.4. The number of nitrogens with zero attached hydrogens (tertiary/aromatic N) is 4. The quantitative estimate of drug-likeness (QED) is 0.526. The molecule has 0 aromatic carbocycles. The average Bonchev–Trinajstić information content (AvgIpc) is 2.50. The first-order chi connectivity index (χ1) is 5.88. The molecular weight excluding hydrogens is 176 g/mol. The van der Waals surface area contributed by atoms with Gasteiger partial charge in [0.15, 0.2) is 0 Å². The van der Waals surface area contributed by atoms with E-state index in [0.29, 0.717) is 4.80 Å². The van der Waals surface area contributed by atoms with Crippen LogP contribution in [-0.4, -0.2) is 9.78 Å². The monoisotopic (exact) mass is 186 g/mol. The third-order valence-corrected chi connectivity index (χ3v) is 2.12. The minimum absolute atomic E-state index is 0.568. The van der Waals surface area contributed by atoms with Gasteiger partial charge in [-0.05, 0) is 6.42 Å². The van der Waals surface area contributed by atoms with Crippen LogP contribution >= 0.6 is 11.3 Å². The number of hydrogen-bond acceptors (Lipinski definition) is 4. The van der Waals surface area contributed by atoms with Gasteiger partial charge in [0.25, 0.3) is 0 Å². The summed E-state index contributed by atoms with van der Waals surface area (Å²) in [5, 5.41) is 9.89. The van der Waals surface area contributed by atoms with Crippen molar-refractivity contribution in [3.8, 4) is 0 Å². The van der Waals surface area contributed by atoms with Gasteiger partial charge >= 0.3 is 0 Å². The molecule has 0 spiro atoms. The first-order valence-corrected chi connectivity index (χ1v) is 4.63. The van der Waals surface area contributed by atoms with E-state index in [2.05, 4.69) is 22.4 Å². The maximum Gasteiger partial charge on any atom is 0.231 e. The Morgan fingerprint density at radius 2 is 2.58 bits per heavy atom. The zero-order valence-corrected chi connectivity index (χ0v) is 7.62. The summed E-state index contributed by atoms with van der Waals surface area (Å²) in [6.45, 7) is 2.90. The normalized spacial score (nSPS) is 11.9. The molecule has 1 aromatic heterocycles. The van der Waals surface area contributed by atoms with E-state index in [1.54, 1.807) is 10.2 Å². The predicted molar refractivity (Wildman–Crippen MR) is 46.4 cm³/mol. The Hall–Kier alpha value is -1.04. The van der Waals surface area contributed by atoms with Crippen molar-refractivity contribution in [3.63, 3.8) is 0 Å². The van der Waals surface area contributed by atoms with Crippen molar-refractivity contribution in [3.05, 3.63) is 15.2 Å². The summed E-state index contributed by atoms with van der Waals surface area (Å²) < 4.78 is 1.69. The SMILES string of the molecule is CCCCn1ncs/c1=N\N=O. The fourth-order valence-corrected chi connectivity index (χ4v) is 1.41. The predicted octanol–water partition coefficient (Wildman–Crippen LogP) is 1.33. The summed E-state index contributed by atoms with van der Waals surface area (Å²) in [6, 6.07) is 0. The van der Waals surface area contributed by atoms with Crippen LogP contribution in [0.2, 0.25) is 0 Å². The Morgan fingerprint density at radius 1 is 1.75 bits per heavy atom. The second-order valence-electron chi connectivity index (χ2n) is 2.28. The Labute approximate surface area is 73.7 Å². The smallest absolute Gasteiger partial charge is 0.231 e. The van der Waals surface area contributed by atoms with Gasteiger partial charge in [0, 0.05) is 6.54 Å². The lowest BCUT2D eigenvalue weighted by molar-refractivity contribution is 0.550. The third-order valence-electron chi connectivity index (χ3n) is 1.42. The van der Waals surface area contributed by atoms with Crippen molar-refractivity contribution in [2.45, 2.75) is 26.3 Å². The molecule has 1 heterocycles. The Balaban J connectivity index is 2.77. The van der Waals surface area contributed by atoms with Crippen LogP contribution in [0.4, 0.5) is 0 Å². The maximum atomic E-state index is 9.85. The van der Waals surface area contributed by atoms with Crippen LogP contribution < -0.4 is 4.80 Å². The molecule has 1 aromatic rings. The Kier molecular flexibility index (Phi) is 3.59. The van der Waals surface area contributed by atoms with Crippen LogP contribution in [0.1, 0.15) is 19.8 Å². The van der Waals surface area contributed by atoms with Crippen molar-refractivity contribution in [2.75, 3.05) is 0 Å². The Morgan fingerprint density at radius 3 is 3.25 bits per heavy atom. The molecule has 0 saturated heterocycles. The molecule has 5 nitrogen and oxygen atoms in total. The lowest BCUT2D eigenvalue weighted by atomic mass is 10.3. The largest absolute Gasteiger partial charge is 0.237 e. The van der Waals surface area contributed by atoms with E-state index >= 15 is 0 Å². The van der Waals surface area contributed by atoms with Gasteiger partial charge in [0.1, 0.15) is 5.51 Å². The molecule has 0 saturated carbocycles. The second-order valence-corrected chi connectivity index (χ2v) is 3.09. The highest BCUT2D eigenvalue weighted by Crippen LogP contribution is 1.91. The van der Waals surface area contributed by atoms with Crippen LogP contribution in [0.3, 0.4) is 0 Å². The van der Waals surface area contributed by atoms with Gasteiger partial charge in [-0.1, -0.05) is 29.8 Å². The second kappa shape index (κ2) is 4.76. The van der Waals surface area contributed by atoms with E-state index in [9.17, 15) is 4.91 Å². The van der Waals surface area contributed by atoms with Gasteiger partial charge in [0.2, 0.25) is 4.80 Å². The van der Waals surface area contributed by atoms with Crippen molar-refractivity contribution in [1.29, 1.82) is 0 Å². The lowest BCUT2D eigenvalue weighted by Gasteiger charge is -1.95. The van der Waals surface area contributed by atoms with Crippen LogP contribution in [0.5, 0.6) is 0 Å². The number of unbranched alkanes of at least 4 members (excludes halogenated alkanes) is 1. The minimum atomic E-state index is 0.568. The van der Waals surface area contributed by atoms with Crippen LogP contribution in [0.15, 0.2) is 15.9 Å². The van der Waals surface area contributed by atoms with Gasteiger partial charge < -0.3 is 0 Å². The first kappa shape index (κ1) is 9.05. The molecule has 66 valence electrons. The maximum absolute atomic E-state index is 9.85. The molecule has 0 aliphatic rings. The fraction of sp³-hybridized carbons (Fsp3) is 0.667. The molecule has 12 heavy (non-hydrogen) atoms. The Bertz CT molecular complexity index is 302. The van der Waals surface area contributed by atoms with E-state index in [1.165, 1.54) is 11.3 Å². The standard InChI is InChI=1S/C6H10N4OS/c1-2-3-4-10-6(8-9-11)12-5-7-10/h5H,2-4H2,1H3/b8-6-. The molecule has 0 atom stereocenters. The highest BCUT2D eigenvalue weighted by molar-refractivity contribution is 7.06. The topological polar surface area (TPSA) is 59.6 Å². The number of rotatable bonds is 4. The van der Waals surface area contributed by atoms with Crippen molar-refractivity contribution >= 4 is 11.3 Å². The molecule has 0 unspecified atom stereocenters. The number of aryl methyl sites for hydroxylation is 1. The summed E-state index contributed by atoms with van der Waals surface area (Å²) in [6.07, 6.45) is 2.13. The van der Waals surface area contributed by atoms with E-state index < -0.39 is 0 Å². The molecule has 0 fully saturated rings. The van der Waals surface area contributed by atoms with Gasteiger partial charge in [0.05, 0.1) is 5.29 Å². The summed E-state index contributed by atoms with van der Waals surface area (Å²) in [5.41, 5.74) is 1.65. The fourth-order valence-electron chi connectivity index (χ4n) is 0.809. The van der Waals surface area contributed by atoms with E-state index in [0.717, 1.165) is 19.4 Å². The van der Waals surface area contributed by atoms with Gasteiger partial charge in [-0.15, -0.1) is 4.91 Å². The molecule has 0 aliphatic heterocycles. The van der Waals surface area contributed by atoms with Gasteiger partial charge in [-0.2, -0.15) is 5.10 Å². The molecule has 6 heteroatoms. The van der Waals surface area contributed by atoms with Crippen LogP contribution in [0.25, 0.3) is 0 Å². The molecule has 0 N–H and O–H groups in total. The zero-order chi connectivity index (χ0) is 8.81. The van der Waals surface area contributed by atoms with Crippen molar-refractivity contribution in [2.24, 2.45) is 10.4 Å². The molecule has 0 aliphatic carbocycles. The third kappa shape index (κ3) is 2.23. The minimum Gasteiger partial charge on any atom is -0.237 e. The lowest BCUT2D eigenvalue weighted by Crippen LogP contribution is -2.15. The van der Waals surface area contributed by atoms with Crippen molar-refractivity contribution in [1.82, 2.24) is 9.78 Å². The molecule has 0 amide bonds. The number of nitroso groups, excluding NO2 is 1. The molecular formula is C6H10N4OS. The number of hydrogen-bond donors (Lipinski definition) is 0. The zero-order valence-electron chi connectivity index (χ0n) is 6.80. The van der Waals surface area contributed by atoms with Crippen molar-refractivity contribution < 1.29 is 0 Å². The highest BCUT2D eigenvalue weighted by Gasteiger charge is 1.94. The van der Waals surface area contributed by atoms with Gasteiger partial charge in [-0.3, -0.25) is 0 Å². The molecule has 1 rings (SSSR count). The number of aromatic nitrogens is 2. The van der Waals surface area contributed by atoms with E-state index in [-0.39, 0.29) is 0 Å². The van der Waals surface area contributed by atoms with Crippen LogP contribution in [-0.2, 0) is 6.54 Å². The summed E-state index contributed by atoms with van der Waals surface area (Å²) >= 11 is 1.32. The summed E-state index contributed by atoms with van der Waals surface area (Å²) in [7, 11) is 0. The van der Waals surface area contributed by atoms with Gasteiger partial charge in [-0.25, -0.2) is 4.68 Å². The molecule has 0 bridgehead atoms. The average molecular weight is 186 g/mol.